The first-order valence-corrected chi connectivity index (χ1v) is 5.74. The average Bonchev–Trinajstić information content (AvgIpc) is 2.25. The molecule has 0 radical (unpaired) electrons. The number of carbonyl (C=O) groups is 1. The van der Waals surface area contributed by atoms with Gasteiger partial charge in [-0.2, -0.15) is 0 Å². The molecule has 0 aliphatic carbocycles. The first kappa shape index (κ1) is 14.4. The maximum absolute atomic E-state index is 11.0. The van der Waals surface area contributed by atoms with Crippen LogP contribution in [0.25, 0.3) is 0 Å². The Labute approximate surface area is 107 Å². The molecule has 18 heavy (non-hydrogen) atoms. The van der Waals surface area contributed by atoms with Gasteiger partial charge < -0.3 is 15.3 Å². The van der Waals surface area contributed by atoms with Gasteiger partial charge in [-0.25, -0.2) is 14.8 Å². The van der Waals surface area contributed by atoms with Gasteiger partial charge in [-0.1, -0.05) is 13.8 Å². The Balaban J connectivity index is 2.71. The van der Waals surface area contributed by atoms with Crippen LogP contribution in [0.1, 0.15) is 24.2 Å². The third-order valence-corrected chi connectivity index (χ3v) is 2.42. The molecule has 6 heteroatoms. The summed E-state index contributed by atoms with van der Waals surface area (Å²) in [6, 6.07) is 0. The maximum Gasteiger partial charge on any atom is 0.341 e. The second-order valence-electron chi connectivity index (χ2n) is 5.35. The second kappa shape index (κ2) is 5.77. The zero-order chi connectivity index (χ0) is 13.8. The highest BCUT2D eigenvalue weighted by atomic mass is 16.4. The molecule has 6 nitrogen and oxygen atoms in total. The number of carboxylic acids is 1. The Morgan fingerprint density at radius 2 is 2.17 bits per heavy atom. The lowest BCUT2D eigenvalue weighted by Gasteiger charge is -2.28. The van der Waals surface area contributed by atoms with Gasteiger partial charge in [0.25, 0.3) is 0 Å². The van der Waals surface area contributed by atoms with Crippen molar-refractivity contribution in [2.75, 3.05) is 32.5 Å². The molecule has 0 unspecified atom stereocenters. The summed E-state index contributed by atoms with van der Waals surface area (Å²) in [7, 11) is 4.02. The van der Waals surface area contributed by atoms with E-state index >= 15 is 0 Å². The lowest BCUT2D eigenvalue weighted by molar-refractivity contribution is 0.0697. The largest absolute Gasteiger partial charge is 0.477 e. The van der Waals surface area contributed by atoms with Crippen LogP contribution in [0.15, 0.2) is 12.5 Å². The Kier molecular flexibility index (Phi) is 4.61. The van der Waals surface area contributed by atoms with Crippen LogP contribution >= 0.6 is 0 Å². The van der Waals surface area contributed by atoms with Crippen LogP contribution in [-0.4, -0.2) is 53.1 Å². The Morgan fingerprint density at radius 1 is 1.50 bits per heavy atom. The zero-order valence-electron chi connectivity index (χ0n) is 11.3. The quantitative estimate of drug-likeness (QED) is 0.791. The average molecular weight is 252 g/mol. The SMILES string of the molecule is CN(C)CC(C)(C)CNc1ncncc1C(=O)O. The molecule has 1 aromatic heterocycles. The number of nitrogens with one attached hydrogen (secondary N) is 1. The van der Waals surface area contributed by atoms with Crippen molar-refractivity contribution in [1.82, 2.24) is 14.9 Å². The van der Waals surface area contributed by atoms with Crippen LogP contribution in [0.5, 0.6) is 0 Å². The number of anilines is 1. The standard InChI is InChI=1S/C12H20N4O2/c1-12(2,7-16(3)4)6-14-10-9(11(17)18)5-13-8-15-10/h5,8H,6-7H2,1-4H3,(H,17,18)(H,13,14,15). The van der Waals surface area contributed by atoms with E-state index < -0.39 is 5.97 Å². The van der Waals surface area contributed by atoms with Crippen molar-refractivity contribution in [2.45, 2.75) is 13.8 Å². The summed E-state index contributed by atoms with van der Waals surface area (Å²) in [6.07, 6.45) is 2.64. The van der Waals surface area contributed by atoms with E-state index in [1.54, 1.807) is 0 Å². The minimum Gasteiger partial charge on any atom is -0.477 e. The van der Waals surface area contributed by atoms with Gasteiger partial charge in [0.15, 0.2) is 0 Å². The van der Waals surface area contributed by atoms with Crippen LogP contribution in [0.4, 0.5) is 5.82 Å². The van der Waals surface area contributed by atoms with E-state index in [9.17, 15) is 4.79 Å². The molecule has 2 N–H and O–H groups in total. The number of aromatic carboxylic acids is 1. The summed E-state index contributed by atoms with van der Waals surface area (Å²) < 4.78 is 0. The molecule has 0 saturated carbocycles. The van der Waals surface area contributed by atoms with E-state index in [1.165, 1.54) is 12.5 Å². The molecule has 0 amide bonds. The fourth-order valence-corrected chi connectivity index (χ4v) is 1.86. The normalized spacial score (nSPS) is 11.6. The van der Waals surface area contributed by atoms with Gasteiger partial charge in [-0.05, 0) is 19.5 Å². The smallest absolute Gasteiger partial charge is 0.341 e. The van der Waals surface area contributed by atoms with E-state index in [1.807, 2.05) is 14.1 Å². The molecule has 1 aromatic rings. The number of hydrogen-bond acceptors (Lipinski definition) is 5. The molecular formula is C12H20N4O2. The van der Waals surface area contributed by atoms with Crippen molar-refractivity contribution in [3.63, 3.8) is 0 Å². The Hall–Kier alpha value is -1.69. The minimum absolute atomic E-state index is 0.0181. The van der Waals surface area contributed by atoms with Crippen LogP contribution < -0.4 is 5.32 Å². The topological polar surface area (TPSA) is 78.3 Å². The van der Waals surface area contributed by atoms with Crippen molar-refractivity contribution in [3.8, 4) is 0 Å². The van der Waals surface area contributed by atoms with E-state index in [4.69, 9.17) is 5.11 Å². The molecular weight excluding hydrogens is 232 g/mol. The Morgan fingerprint density at radius 3 is 2.72 bits per heavy atom. The fraction of sp³-hybridized carbons (Fsp3) is 0.583. The molecule has 1 rings (SSSR count). The summed E-state index contributed by atoms with van der Waals surface area (Å²) in [5, 5.41) is 12.1. The van der Waals surface area contributed by atoms with Crippen LogP contribution in [0.2, 0.25) is 0 Å². The molecule has 0 saturated heterocycles. The molecule has 0 aliphatic heterocycles. The van der Waals surface area contributed by atoms with Crippen molar-refractivity contribution >= 4 is 11.8 Å². The predicted molar refractivity (Wildman–Crippen MR) is 69.8 cm³/mol. The fourth-order valence-electron chi connectivity index (χ4n) is 1.86. The molecule has 0 spiro atoms. The second-order valence-corrected chi connectivity index (χ2v) is 5.35. The summed E-state index contributed by atoms with van der Waals surface area (Å²) in [5.74, 6) is -0.659. The third kappa shape index (κ3) is 4.29. The Bertz CT molecular complexity index is 418. The maximum atomic E-state index is 11.0. The van der Waals surface area contributed by atoms with Gasteiger partial charge >= 0.3 is 5.97 Å². The lowest BCUT2D eigenvalue weighted by atomic mass is 9.93. The molecule has 0 aliphatic rings. The molecule has 1 heterocycles. The van der Waals surface area contributed by atoms with Crippen molar-refractivity contribution < 1.29 is 9.90 Å². The number of hydrogen-bond donors (Lipinski definition) is 2. The van der Waals surface area contributed by atoms with Gasteiger partial charge in [-0.15, -0.1) is 0 Å². The first-order chi connectivity index (χ1) is 8.32. The molecule has 0 atom stereocenters. The predicted octanol–water partition coefficient (Wildman–Crippen LogP) is 1.17. The van der Waals surface area contributed by atoms with E-state index in [-0.39, 0.29) is 11.0 Å². The molecule has 100 valence electrons. The highest BCUT2D eigenvalue weighted by molar-refractivity contribution is 5.92. The van der Waals surface area contributed by atoms with Crippen molar-refractivity contribution in [3.05, 3.63) is 18.1 Å². The van der Waals surface area contributed by atoms with E-state index in [0.717, 1.165) is 6.54 Å². The van der Waals surface area contributed by atoms with Gasteiger partial charge in [0.2, 0.25) is 0 Å². The highest BCUT2D eigenvalue weighted by Gasteiger charge is 2.20. The van der Waals surface area contributed by atoms with Gasteiger partial charge in [0.1, 0.15) is 17.7 Å². The highest BCUT2D eigenvalue weighted by Crippen LogP contribution is 2.18. The molecule has 0 bridgehead atoms. The first-order valence-electron chi connectivity index (χ1n) is 5.74. The summed E-state index contributed by atoms with van der Waals surface area (Å²) >= 11 is 0. The van der Waals surface area contributed by atoms with Crippen molar-refractivity contribution in [2.24, 2.45) is 5.41 Å². The number of aromatic nitrogens is 2. The van der Waals surface area contributed by atoms with E-state index in [0.29, 0.717) is 12.4 Å². The summed E-state index contributed by atoms with van der Waals surface area (Å²) in [6.45, 7) is 5.76. The third-order valence-electron chi connectivity index (χ3n) is 2.42. The van der Waals surface area contributed by atoms with Crippen molar-refractivity contribution in [1.29, 1.82) is 0 Å². The van der Waals surface area contributed by atoms with E-state index in [2.05, 4.69) is 34.0 Å². The minimum atomic E-state index is -1.02. The molecule has 0 fully saturated rings. The zero-order valence-corrected chi connectivity index (χ0v) is 11.3. The van der Waals surface area contributed by atoms with Gasteiger partial charge in [-0.3, -0.25) is 0 Å². The summed E-state index contributed by atoms with van der Waals surface area (Å²) in [5.41, 5.74) is 0.114. The van der Waals surface area contributed by atoms with Gasteiger partial charge in [0.05, 0.1) is 0 Å². The number of nitrogens with zero attached hydrogens (tertiary/aromatic N) is 3. The summed E-state index contributed by atoms with van der Waals surface area (Å²) in [4.78, 5) is 20.8. The molecule has 0 aromatic carbocycles. The number of rotatable bonds is 6. The lowest BCUT2D eigenvalue weighted by Crippen LogP contribution is -2.34. The van der Waals surface area contributed by atoms with Crippen LogP contribution in [0, 0.1) is 5.41 Å². The number of carboxylic acid groups (broad SMARTS) is 1. The monoisotopic (exact) mass is 252 g/mol. The van der Waals surface area contributed by atoms with Gasteiger partial charge in [0, 0.05) is 19.3 Å². The van der Waals surface area contributed by atoms with Crippen LogP contribution in [0.3, 0.4) is 0 Å². The van der Waals surface area contributed by atoms with Crippen LogP contribution in [-0.2, 0) is 0 Å².